The number of ether oxygens (including phenoxy) is 2. The van der Waals surface area contributed by atoms with Gasteiger partial charge in [0.1, 0.15) is 17.3 Å². The number of hydrogen-bond acceptors (Lipinski definition) is 4. The van der Waals surface area contributed by atoms with E-state index in [0.717, 1.165) is 35.7 Å². The molecule has 0 radical (unpaired) electrons. The van der Waals surface area contributed by atoms with E-state index in [2.05, 4.69) is 0 Å². The Bertz CT molecular complexity index is 486. The van der Waals surface area contributed by atoms with Crippen molar-refractivity contribution in [1.29, 1.82) is 0 Å². The summed E-state index contributed by atoms with van der Waals surface area (Å²) in [4.78, 5) is 0. The molecule has 1 unspecified atom stereocenters. The van der Waals surface area contributed by atoms with E-state index in [-0.39, 0.29) is 6.04 Å². The van der Waals surface area contributed by atoms with Crippen molar-refractivity contribution in [3.8, 4) is 11.5 Å². The van der Waals surface area contributed by atoms with Crippen LogP contribution < -0.4 is 15.2 Å². The average molecular weight is 261 g/mol. The van der Waals surface area contributed by atoms with Gasteiger partial charge in [0.15, 0.2) is 0 Å². The summed E-state index contributed by atoms with van der Waals surface area (Å²) in [5, 5.41) is 0. The van der Waals surface area contributed by atoms with Crippen molar-refractivity contribution >= 4 is 0 Å². The fourth-order valence-corrected chi connectivity index (χ4v) is 1.96. The summed E-state index contributed by atoms with van der Waals surface area (Å²) in [7, 11) is 3.26. The van der Waals surface area contributed by atoms with Crippen LogP contribution in [0.2, 0.25) is 0 Å². The standard InChI is InChI=1S/C15H19NO3/c1-17-13-8-11(9-14(10-13)18-2)15(16)6-5-12-4-3-7-19-12/h3-4,7-10,15H,5-6,16H2,1-2H3. The minimum atomic E-state index is -0.0749. The van der Waals surface area contributed by atoms with Crippen molar-refractivity contribution in [1.82, 2.24) is 0 Å². The highest BCUT2D eigenvalue weighted by molar-refractivity contribution is 5.39. The molecule has 1 heterocycles. The average Bonchev–Trinajstić information content (AvgIpc) is 2.97. The van der Waals surface area contributed by atoms with Crippen molar-refractivity contribution in [3.63, 3.8) is 0 Å². The predicted molar refractivity (Wildman–Crippen MR) is 73.5 cm³/mol. The van der Waals surface area contributed by atoms with Gasteiger partial charge in [0.25, 0.3) is 0 Å². The molecule has 0 bridgehead atoms. The van der Waals surface area contributed by atoms with Gasteiger partial charge >= 0.3 is 0 Å². The Labute approximate surface area is 113 Å². The van der Waals surface area contributed by atoms with Crippen molar-refractivity contribution in [3.05, 3.63) is 47.9 Å². The number of furan rings is 1. The zero-order valence-corrected chi connectivity index (χ0v) is 11.3. The van der Waals surface area contributed by atoms with Gasteiger partial charge in [0.2, 0.25) is 0 Å². The van der Waals surface area contributed by atoms with Gasteiger partial charge < -0.3 is 19.6 Å². The van der Waals surface area contributed by atoms with E-state index >= 15 is 0 Å². The molecule has 0 saturated heterocycles. The smallest absolute Gasteiger partial charge is 0.122 e. The predicted octanol–water partition coefficient (Wildman–Crippen LogP) is 2.93. The molecule has 0 aliphatic rings. The number of hydrogen-bond donors (Lipinski definition) is 1. The Hall–Kier alpha value is -1.94. The zero-order valence-electron chi connectivity index (χ0n) is 11.3. The third kappa shape index (κ3) is 3.51. The lowest BCUT2D eigenvalue weighted by Gasteiger charge is -2.14. The van der Waals surface area contributed by atoms with Gasteiger partial charge in [-0.15, -0.1) is 0 Å². The first-order chi connectivity index (χ1) is 9.22. The molecule has 19 heavy (non-hydrogen) atoms. The van der Waals surface area contributed by atoms with Gasteiger partial charge in [-0.1, -0.05) is 0 Å². The van der Waals surface area contributed by atoms with Gasteiger partial charge in [-0.05, 0) is 36.2 Å². The molecule has 4 heteroatoms. The number of aryl methyl sites for hydroxylation is 1. The molecule has 1 aromatic heterocycles. The molecule has 0 aliphatic carbocycles. The summed E-state index contributed by atoms with van der Waals surface area (Å²) >= 11 is 0. The highest BCUT2D eigenvalue weighted by atomic mass is 16.5. The third-order valence-electron chi connectivity index (χ3n) is 3.08. The zero-order chi connectivity index (χ0) is 13.7. The molecule has 2 aromatic rings. The topological polar surface area (TPSA) is 57.6 Å². The van der Waals surface area contributed by atoms with Gasteiger partial charge in [0, 0.05) is 18.5 Å². The van der Waals surface area contributed by atoms with Crippen LogP contribution >= 0.6 is 0 Å². The third-order valence-corrected chi connectivity index (χ3v) is 3.08. The van der Waals surface area contributed by atoms with Crippen molar-refractivity contribution in [2.24, 2.45) is 5.73 Å². The quantitative estimate of drug-likeness (QED) is 0.868. The highest BCUT2D eigenvalue weighted by Gasteiger charge is 2.10. The molecule has 2 rings (SSSR count). The van der Waals surface area contributed by atoms with Crippen LogP contribution in [-0.2, 0) is 6.42 Å². The molecule has 0 fully saturated rings. The molecule has 0 spiro atoms. The number of benzene rings is 1. The minimum absolute atomic E-state index is 0.0749. The maximum absolute atomic E-state index is 6.21. The van der Waals surface area contributed by atoms with E-state index < -0.39 is 0 Å². The summed E-state index contributed by atoms with van der Waals surface area (Å²) in [6.07, 6.45) is 3.30. The summed E-state index contributed by atoms with van der Waals surface area (Å²) < 4.78 is 15.8. The monoisotopic (exact) mass is 261 g/mol. The lowest BCUT2D eigenvalue weighted by atomic mass is 10.0. The first kappa shape index (κ1) is 13.5. The van der Waals surface area contributed by atoms with Crippen LogP contribution in [0.25, 0.3) is 0 Å². The molecule has 0 amide bonds. The largest absolute Gasteiger partial charge is 0.497 e. The van der Waals surface area contributed by atoms with Crippen LogP contribution in [0.4, 0.5) is 0 Å². The fourth-order valence-electron chi connectivity index (χ4n) is 1.96. The molecule has 4 nitrogen and oxygen atoms in total. The summed E-state index contributed by atoms with van der Waals surface area (Å²) in [6, 6.07) is 9.48. The summed E-state index contributed by atoms with van der Waals surface area (Å²) in [6.45, 7) is 0. The highest BCUT2D eigenvalue weighted by Crippen LogP contribution is 2.27. The van der Waals surface area contributed by atoms with Crippen LogP contribution in [0, 0.1) is 0 Å². The number of methoxy groups -OCH3 is 2. The normalized spacial score (nSPS) is 12.2. The Kier molecular flexibility index (Phi) is 4.47. The van der Waals surface area contributed by atoms with Gasteiger partial charge in [-0.3, -0.25) is 0 Å². The molecule has 1 atom stereocenters. The molecular weight excluding hydrogens is 242 g/mol. The molecular formula is C15H19NO3. The van der Waals surface area contributed by atoms with Crippen LogP contribution in [0.1, 0.15) is 23.8 Å². The van der Waals surface area contributed by atoms with Crippen molar-refractivity contribution in [2.45, 2.75) is 18.9 Å². The number of rotatable bonds is 6. The van der Waals surface area contributed by atoms with Crippen molar-refractivity contribution in [2.75, 3.05) is 14.2 Å². The molecule has 0 aliphatic heterocycles. The van der Waals surface area contributed by atoms with Gasteiger partial charge in [0.05, 0.1) is 20.5 Å². The SMILES string of the molecule is COc1cc(OC)cc(C(N)CCc2ccco2)c1. The Balaban J connectivity index is 2.07. The molecule has 0 saturated carbocycles. The van der Waals surface area contributed by atoms with E-state index in [4.69, 9.17) is 19.6 Å². The summed E-state index contributed by atoms with van der Waals surface area (Å²) in [5.74, 6) is 2.45. The molecule has 102 valence electrons. The first-order valence-corrected chi connectivity index (χ1v) is 6.24. The van der Waals surface area contributed by atoms with Crippen molar-refractivity contribution < 1.29 is 13.9 Å². The second-order valence-corrected chi connectivity index (χ2v) is 4.37. The van der Waals surface area contributed by atoms with Gasteiger partial charge in [-0.25, -0.2) is 0 Å². The van der Waals surface area contributed by atoms with E-state index in [1.54, 1.807) is 20.5 Å². The van der Waals surface area contributed by atoms with E-state index in [1.165, 1.54) is 0 Å². The van der Waals surface area contributed by atoms with Crippen LogP contribution in [0.5, 0.6) is 11.5 Å². The fraction of sp³-hybridized carbons (Fsp3) is 0.333. The summed E-state index contributed by atoms with van der Waals surface area (Å²) in [5.41, 5.74) is 7.21. The minimum Gasteiger partial charge on any atom is -0.497 e. The Morgan fingerprint density at radius 2 is 1.84 bits per heavy atom. The van der Waals surface area contributed by atoms with E-state index in [1.807, 2.05) is 30.3 Å². The van der Waals surface area contributed by atoms with Gasteiger partial charge in [-0.2, -0.15) is 0 Å². The van der Waals surface area contributed by atoms with Crippen LogP contribution in [0.3, 0.4) is 0 Å². The lowest BCUT2D eigenvalue weighted by Crippen LogP contribution is -2.11. The van der Waals surface area contributed by atoms with E-state index in [9.17, 15) is 0 Å². The maximum atomic E-state index is 6.21. The Morgan fingerprint density at radius 1 is 1.16 bits per heavy atom. The second kappa shape index (κ2) is 6.29. The number of nitrogens with two attached hydrogens (primary N) is 1. The Morgan fingerprint density at radius 3 is 2.37 bits per heavy atom. The maximum Gasteiger partial charge on any atom is 0.122 e. The lowest BCUT2D eigenvalue weighted by molar-refractivity contribution is 0.392. The second-order valence-electron chi connectivity index (χ2n) is 4.37. The first-order valence-electron chi connectivity index (χ1n) is 6.24. The van der Waals surface area contributed by atoms with Crippen LogP contribution in [0.15, 0.2) is 41.0 Å². The molecule has 2 N–H and O–H groups in total. The van der Waals surface area contributed by atoms with E-state index in [0.29, 0.717) is 0 Å². The van der Waals surface area contributed by atoms with Crippen LogP contribution in [-0.4, -0.2) is 14.2 Å². The molecule has 1 aromatic carbocycles.